The summed E-state index contributed by atoms with van der Waals surface area (Å²) < 4.78 is 0. The van der Waals surface area contributed by atoms with Gasteiger partial charge in [-0.1, -0.05) is 23.7 Å². The van der Waals surface area contributed by atoms with Crippen LogP contribution in [0.3, 0.4) is 0 Å². The van der Waals surface area contributed by atoms with E-state index in [2.05, 4.69) is 15.2 Å². The summed E-state index contributed by atoms with van der Waals surface area (Å²) in [5.41, 5.74) is 1.46. The van der Waals surface area contributed by atoms with E-state index in [0.29, 0.717) is 11.4 Å². The van der Waals surface area contributed by atoms with Crippen molar-refractivity contribution in [1.29, 1.82) is 0 Å². The summed E-state index contributed by atoms with van der Waals surface area (Å²) in [6.45, 7) is 2.50. The van der Waals surface area contributed by atoms with Crippen molar-refractivity contribution in [2.24, 2.45) is 5.92 Å². The lowest BCUT2D eigenvalue weighted by atomic mass is 9.89. The first-order valence-electron chi connectivity index (χ1n) is 8.98. The molecule has 1 atom stereocenters. The predicted molar refractivity (Wildman–Crippen MR) is 103 cm³/mol. The van der Waals surface area contributed by atoms with Crippen LogP contribution in [0.1, 0.15) is 31.1 Å². The Kier molecular flexibility index (Phi) is 6.61. The standard InChI is InChI=1S/C20H24ClN3O2/c21-16-4-3-5-17(14-16)23-19(25)9-13-24-11-7-15(8-12-24)20(26)18-6-1-2-10-22-18/h1-6,10,14-15,20,26H,7-9,11-13H2,(H,23,25)/t20-/m0/s1. The third-order valence-corrected chi connectivity index (χ3v) is 5.07. The molecule has 1 aliphatic heterocycles. The van der Waals surface area contributed by atoms with Gasteiger partial charge in [-0.05, 0) is 62.2 Å². The van der Waals surface area contributed by atoms with Crippen molar-refractivity contribution in [3.8, 4) is 0 Å². The molecule has 1 aliphatic rings. The number of carbonyl (C=O) groups is 1. The number of amides is 1. The van der Waals surface area contributed by atoms with Gasteiger partial charge in [-0.3, -0.25) is 9.78 Å². The maximum Gasteiger partial charge on any atom is 0.225 e. The number of benzene rings is 1. The summed E-state index contributed by atoms with van der Waals surface area (Å²) in [7, 11) is 0. The van der Waals surface area contributed by atoms with Gasteiger partial charge in [0.05, 0.1) is 11.8 Å². The van der Waals surface area contributed by atoms with Gasteiger partial charge in [-0.2, -0.15) is 0 Å². The smallest absolute Gasteiger partial charge is 0.225 e. The molecule has 2 aromatic rings. The first kappa shape index (κ1) is 18.8. The number of hydrogen-bond donors (Lipinski definition) is 2. The third-order valence-electron chi connectivity index (χ3n) is 4.83. The molecule has 5 nitrogen and oxygen atoms in total. The number of nitrogens with one attached hydrogen (secondary N) is 1. The number of likely N-dealkylation sites (tertiary alicyclic amines) is 1. The van der Waals surface area contributed by atoms with Crippen molar-refractivity contribution in [2.45, 2.75) is 25.4 Å². The number of anilines is 1. The molecule has 2 N–H and O–H groups in total. The number of aromatic nitrogens is 1. The van der Waals surface area contributed by atoms with Crippen LogP contribution < -0.4 is 5.32 Å². The minimum Gasteiger partial charge on any atom is -0.387 e. The van der Waals surface area contributed by atoms with E-state index >= 15 is 0 Å². The highest BCUT2D eigenvalue weighted by molar-refractivity contribution is 6.30. The van der Waals surface area contributed by atoms with E-state index in [0.717, 1.165) is 43.9 Å². The predicted octanol–water partition coefficient (Wildman–Crippen LogP) is 3.51. The van der Waals surface area contributed by atoms with Crippen LogP contribution in [0.25, 0.3) is 0 Å². The Balaban J connectivity index is 1.40. The van der Waals surface area contributed by atoms with E-state index in [1.165, 1.54) is 0 Å². The van der Waals surface area contributed by atoms with E-state index < -0.39 is 6.10 Å². The Morgan fingerprint density at radius 3 is 2.77 bits per heavy atom. The molecule has 0 saturated carbocycles. The molecule has 6 heteroatoms. The zero-order chi connectivity index (χ0) is 18.4. The van der Waals surface area contributed by atoms with Gasteiger partial charge in [0.25, 0.3) is 0 Å². The molecule has 26 heavy (non-hydrogen) atoms. The minimum atomic E-state index is -0.510. The number of rotatable bonds is 6. The Labute approximate surface area is 159 Å². The summed E-state index contributed by atoms with van der Waals surface area (Å²) >= 11 is 5.93. The van der Waals surface area contributed by atoms with Crippen molar-refractivity contribution < 1.29 is 9.90 Å². The second-order valence-electron chi connectivity index (χ2n) is 6.69. The van der Waals surface area contributed by atoms with Gasteiger partial charge < -0.3 is 15.3 Å². The quantitative estimate of drug-likeness (QED) is 0.813. The Bertz CT molecular complexity index is 718. The molecule has 3 rings (SSSR count). The number of halogens is 1. The largest absolute Gasteiger partial charge is 0.387 e. The number of hydrogen-bond acceptors (Lipinski definition) is 4. The number of aliphatic hydroxyl groups excluding tert-OH is 1. The fourth-order valence-corrected chi connectivity index (χ4v) is 3.52. The van der Waals surface area contributed by atoms with Gasteiger partial charge in [0.2, 0.25) is 5.91 Å². The minimum absolute atomic E-state index is 0.0112. The molecule has 1 aromatic heterocycles. The Morgan fingerprint density at radius 1 is 1.27 bits per heavy atom. The highest BCUT2D eigenvalue weighted by Gasteiger charge is 2.26. The summed E-state index contributed by atoms with van der Waals surface area (Å²) in [6, 6.07) is 12.8. The second-order valence-corrected chi connectivity index (χ2v) is 7.12. The van der Waals surface area contributed by atoms with Crippen molar-refractivity contribution in [2.75, 3.05) is 25.0 Å². The number of pyridine rings is 1. The van der Waals surface area contributed by atoms with Crippen LogP contribution in [0.4, 0.5) is 5.69 Å². The molecule has 0 aliphatic carbocycles. The van der Waals surface area contributed by atoms with Crippen LogP contribution >= 0.6 is 11.6 Å². The van der Waals surface area contributed by atoms with E-state index in [1.807, 2.05) is 30.3 Å². The molecule has 2 heterocycles. The maximum absolute atomic E-state index is 12.1. The first-order valence-corrected chi connectivity index (χ1v) is 9.36. The van der Waals surface area contributed by atoms with Crippen molar-refractivity contribution in [3.05, 3.63) is 59.4 Å². The van der Waals surface area contributed by atoms with Crippen LogP contribution in [-0.4, -0.2) is 40.5 Å². The lowest BCUT2D eigenvalue weighted by molar-refractivity contribution is -0.116. The van der Waals surface area contributed by atoms with Gasteiger partial charge in [-0.25, -0.2) is 0 Å². The van der Waals surface area contributed by atoms with Crippen LogP contribution in [0, 0.1) is 5.92 Å². The lowest BCUT2D eigenvalue weighted by Gasteiger charge is -2.33. The summed E-state index contributed by atoms with van der Waals surface area (Å²) in [5.74, 6) is 0.212. The Hall–Kier alpha value is -1.95. The van der Waals surface area contributed by atoms with Gasteiger partial charge in [0.15, 0.2) is 0 Å². The van der Waals surface area contributed by atoms with Crippen molar-refractivity contribution in [3.63, 3.8) is 0 Å². The van der Waals surface area contributed by atoms with Gasteiger partial charge in [0.1, 0.15) is 0 Å². The van der Waals surface area contributed by atoms with Gasteiger partial charge >= 0.3 is 0 Å². The van der Waals surface area contributed by atoms with Crippen LogP contribution in [-0.2, 0) is 4.79 Å². The van der Waals surface area contributed by atoms with Crippen LogP contribution in [0.2, 0.25) is 5.02 Å². The topological polar surface area (TPSA) is 65.5 Å². The molecule has 138 valence electrons. The first-order chi connectivity index (χ1) is 12.6. The fourth-order valence-electron chi connectivity index (χ4n) is 3.33. The van der Waals surface area contributed by atoms with Crippen LogP contribution in [0.15, 0.2) is 48.7 Å². The molecular formula is C20H24ClN3O2. The summed E-state index contributed by atoms with van der Waals surface area (Å²) in [6.07, 6.45) is 3.47. The highest BCUT2D eigenvalue weighted by atomic mass is 35.5. The molecule has 0 bridgehead atoms. The molecular weight excluding hydrogens is 350 g/mol. The van der Waals surface area contributed by atoms with Gasteiger partial charge in [-0.15, -0.1) is 0 Å². The number of piperidine rings is 1. The maximum atomic E-state index is 12.1. The Morgan fingerprint density at radius 2 is 2.08 bits per heavy atom. The average molecular weight is 374 g/mol. The molecule has 1 fully saturated rings. The summed E-state index contributed by atoms with van der Waals surface area (Å²) in [4.78, 5) is 18.6. The fraction of sp³-hybridized carbons (Fsp3) is 0.400. The van der Waals surface area contributed by atoms with E-state index in [-0.39, 0.29) is 11.8 Å². The van der Waals surface area contributed by atoms with Crippen LogP contribution in [0.5, 0.6) is 0 Å². The number of nitrogens with zero attached hydrogens (tertiary/aromatic N) is 2. The normalized spacial score (nSPS) is 17.0. The highest BCUT2D eigenvalue weighted by Crippen LogP contribution is 2.29. The molecule has 0 unspecified atom stereocenters. The summed E-state index contributed by atoms with van der Waals surface area (Å²) in [5, 5.41) is 14.0. The van der Waals surface area contributed by atoms with Crippen molar-refractivity contribution >= 4 is 23.2 Å². The lowest BCUT2D eigenvalue weighted by Crippen LogP contribution is -2.37. The third kappa shape index (κ3) is 5.27. The molecule has 0 spiro atoms. The monoisotopic (exact) mass is 373 g/mol. The van der Waals surface area contributed by atoms with Crippen molar-refractivity contribution in [1.82, 2.24) is 9.88 Å². The second kappa shape index (κ2) is 9.12. The average Bonchev–Trinajstić information content (AvgIpc) is 2.67. The van der Waals surface area contributed by atoms with E-state index in [4.69, 9.17) is 11.6 Å². The van der Waals surface area contributed by atoms with Gasteiger partial charge in [0, 0.05) is 29.9 Å². The SMILES string of the molecule is O=C(CCN1CCC([C@H](O)c2ccccn2)CC1)Nc1cccc(Cl)c1. The number of aliphatic hydroxyl groups is 1. The molecule has 1 aromatic carbocycles. The molecule has 0 radical (unpaired) electrons. The molecule has 1 saturated heterocycles. The van der Waals surface area contributed by atoms with E-state index in [1.54, 1.807) is 18.3 Å². The zero-order valence-corrected chi connectivity index (χ0v) is 15.4. The molecule has 1 amide bonds. The number of carbonyl (C=O) groups excluding carboxylic acids is 1. The zero-order valence-electron chi connectivity index (χ0n) is 14.6. The van der Waals surface area contributed by atoms with E-state index in [9.17, 15) is 9.90 Å².